The first-order valence-corrected chi connectivity index (χ1v) is 4.76. The lowest BCUT2D eigenvalue weighted by molar-refractivity contribution is -0.127. The van der Waals surface area contributed by atoms with Crippen molar-refractivity contribution in [2.75, 3.05) is 0 Å². The van der Waals surface area contributed by atoms with E-state index < -0.39 is 22.5 Å². The maximum Gasteiger partial charge on any atom is 0.245 e. The van der Waals surface area contributed by atoms with Crippen molar-refractivity contribution in [2.45, 2.75) is 25.0 Å². The molecule has 2 rings (SSSR count). The summed E-state index contributed by atoms with van der Waals surface area (Å²) in [6.07, 6.45) is -0.0669. The Balaban J connectivity index is 2.65. The second-order valence-electron chi connectivity index (χ2n) is 4.31. The van der Waals surface area contributed by atoms with Gasteiger partial charge in [0.1, 0.15) is 5.72 Å². The van der Waals surface area contributed by atoms with Crippen LogP contribution in [0.4, 0.5) is 0 Å². The van der Waals surface area contributed by atoms with Gasteiger partial charge in [-0.25, -0.2) is 0 Å². The van der Waals surface area contributed by atoms with Gasteiger partial charge in [0, 0.05) is 6.42 Å². The first-order chi connectivity index (χ1) is 7.47. The maximum atomic E-state index is 11.8. The molecule has 2 atom stereocenters. The summed E-state index contributed by atoms with van der Waals surface area (Å²) in [5.41, 5.74) is -4.85. The van der Waals surface area contributed by atoms with Crippen LogP contribution in [0.1, 0.15) is 19.3 Å². The molecule has 2 aliphatic rings. The molecule has 2 fully saturated rings. The molecule has 0 radical (unpaired) electrons. The van der Waals surface area contributed by atoms with E-state index in [2.05, 4.69) is 5.32 Å². The molecule has 0 aromatic rings. The molecule has 80 valence electrons. The Labute approximate surface area is 91.7 Å². The summed E-state index contributed by atoms with van der Waals surface area (Å²) in [7, 11) is 0. The number of rotatable bonds is 0. The average Bonchev–Trinajstić information content (AvgIpc) is 2.50. The standard InChI is InChI=1S/C10H8N4O2/c11-4-8(5-12)1-2-10(16)3-9(8,6-13)7(15)14-10/h16H,1-3H2,(H,14,15). The molecule has 1 heterocycles. The summed E-state index contributed by atoms with van der Waals surface area (Å²) < 4.78 is 0. The summed E-state index contributed by atoms with van der Waals surface area (Å²) in [4.78, 5) is 11.8. The van der Waals surface area contributed by atoms with Gasteiger partial charge in [-0.1, -0.05) is 0 Å². The van der Waals surface area contributed by atoms with Gasteiger partial charge in [-0.15, -0.1) is 0 Å². The number of nitriles is 3. The number of nitrogens with one attached hydrogen (secondary N) is 1. The normalized spacial score (nSPS) is 39.0. The van der Waals surface area contributed by atoms with Crippen LogP contribution in [0.2, 0.25) is 0 Å². The van der Waals surface area contributed by atoms with Gasteiger partial charge in [-0.05, 0) is 12.8 Å². The quantitative estimate of drug-likeness (QED) is 0.567. The second kappa shape index (κ2) is 2.72. The van der Waals surface area contributed by atoms with E-state index in [-0.39, 0.29) is 19.3 Å². The summed E-state index contributed by atoms with van der Waals surface area (Å²) in [5, 5.41) is 39.5. The molecule has 0 aromatic heterocycles. The van der Waals surface area contributed by atoms with E-state index >= 15 is 0 Å². The van der Waals surface area contributed by atoms with Gasteiger partial charge >= 0.3 is 0 Å². The van der Waals surface area contributed by atoms with Gasteiger partial charge in [0.15, 0.2) is 10.8 Å². The van der Waals surface area contributed by atoms with Crippen LogP contribution in [0.25, 0.3) is 0 Å². The summed E-state index contributed by atoms with van der Waals surface area (Å²) in [6, 6.07) is 5.32. The SMILES string of the molecule is N#CC1(C#N)CCC2(O)CC1(C#N)C(=O)N2. The third kappa shape index (κ3) is 0.888. The Morgan fingerprint density at radius 3 is 2.31 bits per heavy atom. The molecule has 1 amide bonds. The molecule has 0 spiro atoms. The van der Waals surface area contributed by atoms with E-state index in [1.165, 1.54) is 0 Å². The van der Waals surface area contributed by atoms with Crippen molar-refractivity contribution in [3.8, 4) is 18.2 Å². The van der Waals surface area contributed by atoms with E-state index in [1.54, 1.807) is 18.2 Å². The number of amides is 1. The van der Waals surface area contributed by atoms with Crippen LogP contribution in [0, 0.1) is 44.8 Å². The highest BCUT2D eigenvalue weighted by molar-refractivity contribution is 5.91. The first kappa shape index (κ1) is 10.4. The largest absolute Gasteiger partial charge is 0.371 e. The minimum atomic E-state index is -1.75. The number of carbonyl (C=O) groups excluding carboxylic acids is 1. The topological polar surface area (TPSA) is 121 Å². The van der Waals surface area contributed by atoms with E-state index in [0.29, 0.717) is 0 Å². The fourth-order valence-electron chi connectivity index (χ4n) is 2.50. The van der Waals surface area contributed by atoms with Gasteiger partial charge in [0.2, 0.25) is 5.91 Å². The summed E-state index contributed by atoms with van der Waals surface area (Å²) in [6.45, 7) is 0. The monoisotopic (exact) mass is 216 g/mol. The van der Waals surface area contributed by atoms with Crippen molar-refractivity contribution in [3.05, 3.63) is 0 Å². The highest BCUT2D eigenvalue weighted by atomic mass is 16.3. The molecule has 6 nitrogen and oxygen atoms in total. The number of aliphatic hydroxyl groups is 1. The lowest BCUT2D eigenvalue weighted by Gasteiger charge is -2.37. The van der Waals surface area contributed by atoms with Crippen LogP contribution in [-0.2, 0) is 4.79 Å². The highest BCUT2D eigenvalue weighted by Gasteiger charge is 2.70. The van der Waals surface area contributed by atoms with Gasteiger partial charge < -0.3 is 10.4 Å². The van der Waals surface area contributed by atoms with Crippen LogP contribution in [0.15, 0.2) is 0 Å². The first-order valence-electron chi connectivity index (χ1n) is 4.76. The van der Waals surface area contributed by atoms with E-state index in [1.807, 2.05) is 0 Å². The van der Waals surface area contributed by atoms with Crippen molar-refractivity contribution in [1.29, 1.82) is 15.8 Å². The maximum absolute atomic E-state index is 11.8. The Kier molecular flexibility index (Phi) is 1.77. The number of fused-ring (bicyclic) bond motifs is 2. The molecule has 1 aliphatic carbocycles. The van der Waals surface area contributed by atoms with Crippen LogP contribution >= 0.6 is 0 Å². The molecule has 2 bridgehead atoms. The Hall–Kier alpha value is -2.10. The average molecular weight is 216 g/mol. The minimum Gasteiger partial charge on any atom is -0.371 e. The third-order valence-electron chi connectivity index (χ3n) is 3.51. The van der Waals surface area contributed by atoms with Crippen molar-refractivity contribution in [2.24, 2.45) is 10.8 Å². The zero-order valence-corrected chi connectivity index (χ0v) is 8.32. The smallest absolute Gasteiger partial charge is 0.245 e. The summed E-state index contributed by atoms with van der Waals surface area (Å²) in [5.74, 6) is -0.724. The van der Waals surface area contributed by atoms with Crippen LogP contribution in [-0.4, -0.2) is 16.7 Å². The number of nitrogens with zero attached hydrogens (tertiary/aromatic N) is 3. The van der Waals surface area contributed by atoms with Crippen molar-refractivity contribution >= 4 is 5.91 Å². The number of carbonyl (C=O) groups is 1. The lowest BCUT2D eigenvalue weighted by Crippen LogP contribution is -2.47. The Morgan fingerprint density at radius 2 is 1.81 bits per heavy atom. The molecule has 2 N–H and O–H groups in total. The molecule has 6 heteroatoms. The number of hydrogen-bond acceptors (Lipinski definition) is 5. The Bertz CT molecular complexity index is 480. The highest BCUT2D eigenvalue weighted by Crippen LogP contribution is 2.56. The van der Waals surface area contributed by atoms with Crippen LogP contribution in [0.3, 0.4) is 0 Å². The zero-order valence-electron chi connectivity index (χ0n) is 8.32. The fraction of sp³-hybridized carbons (Fsp3) is 0.600. The molecule has 1 aliphatic heterocycles. The van der Waals surface area contributed by atoms with Gasteiger partial charge in [-0.3, -0.25) is 4.79 Å². The Morgan fingerprint density at radius 1 is 1.19 bits per heavy atom. The zero-order chi connectivity index (χ0) is 12.0. The van der Waals surface area contributed by atoms with Crippen molar-refractivity contribution in [3.63, 3.8) is 0 Å². The van der Waals surface area contributed by atoms with Gasteiger partial charge in [0.05, 0.1) is 18.2 Å². The predicted molar refractivity (Wildman–Crippen MR) is 48.6 cm³/mol. The van der Waals surface area contributed by atoms with Gasteiger partial charge in [-0.2, -0.15) is 15.8 Å². The molecule has 16 heavy (non-hydrogen) atoms. The minimum absolute atomic E-state index is 0.0167. The van der Waals surface area contributed by atoms with E-state index in [4.69, 9.17) is 15.8 Å². The fourth-order valence-corrected chi connectivity index (χ4v) is 2.50. The lowest BCUT2D eigenvalue weighted by atomic mass is 9.58. The molecule has 1 saturated heterocycles. The van der Waals surface area contributed by atoms with Gasteiger partial charge in [0.25, 0.3) is 0 Å². The van der Waals surface area contributed by atoms with Crippen molar-refractivity contribution < 1.29 is 9.90 Å². The van der Waals surface area contributed by atoms with E-state index in [0.717, 1.165) is 0 Å². The number of hydrogen-bond donors (Lipinski definition) is 2. The second-order valence-corrected chi connectivity index (χ2v) is 4.31. The molecular weight excluding hydrogens is 208 g/mol. The molecule has 1 saturated carbocycles. The van der Waals surface area contributed by atoms with Crippen LogP contribution in [0.5, 0.6) is 0 Å². The third-order valence-corrected chi connectivity index (χ3v) is 3.51. The molecule has 2 unspecified atom stereocenters. The molecule has 0 aromatic carbocycles. The van der Waals surface area contributed by atoms with Crippen LogP contribution < -0.4 is 5.32 Å². The van der Waals surface area contributed by atoms with Crippen molar-refractivity contribution in [1.82, 2.24) is 5.32 Å². The summed E-state index contributed by atoms with van der Waals surface area (Å²) >= 11 is 0. The van der Waals surface area contributed by atoms with E-state index in [9.17, 15) is 9.90 Å². The molecular formula is C10H8N4O2. The predicted octanol–water partition coefficient (Wildman–Crippen LogP) is -0.468.